The summed E-state index contributed by atoms with van der Waals surface area (Å²) in [6.45, 7) is 2.36. The molecule has 3 rings (SSSR count). The number of nitrogens with zero attached hydrogens (tertiary/aromatic N) is 2. The van der Waals surface area contributed by atoms with Crippen molar-refractivity contribution in [1.82, 2.24) is 15.5 Å². The molecule has 4 nitrogen and oxygen atoms in total. The van der Waals surface area contributed by atoms with E-state index in [2.05, 4.69) is 15.5 Å². The molecule has 0 saturated heterocycles. The lowest BCUT2D eigenvalue weighted by Crippen LogP contribution is -2.18. The molecule has 0 aliphatic rings. The molecule has 1 unspecified atom stereocenters. The fourth-order valence-electron chi connectivity index (χ4n) is 2.25. The molecule has 124 valence electrons. The van der Waals surface area contributed by atoms with Crippen molar-refractivity contribution in [2.24, 2.45) is 0 Å². The highest BCUT2D eigenvalue weighted by atomic mass is 35.5. The number of nitrogens with one attached hydrogen (secondary N) is 1. The summed E-state index contributed by atoms with van der Waals surface area (Å²) < 4.78 is 18.2. The predicted molar refractivity (Wildman–Crippen MR) is 91.4 cm³/mol. The van der Waals surface area contributed by atoms with Crippen molar-refractivity contribution >= 4 is 23.2 Å². The highest BCUT2D eigenvalue weighted by Crippen LogP contribution is 2.26. The van der Waals surface area contributed by atoms with E-state index >= 15 is 0 Å². The van der Waals surface area contributed by atoms with Gasteiger partial charge in [0.25, 0.3) is 0 Å². The van der Waals surface area contributed by atoms with E-state index in [4.69, 9.17) is 27.7 Å². The lowest BCUT2D eigenvalue weighted by atomic mass is 10.1. The van der Waals surface area contributed by atoms with Crippen LogP contribution in [0.5, 0.6) is 0 Å². The van der Waals surface area contributed by atoms with Crippen LogP contribution in [0, 0.1) is 5.82 Å². The Morgan fingerprint density at radius 2 is 1.92 bits per heavy atom. The molecule has 24 heavy (non-hydrogen) atoms. The van der Waals surface area contributed by atoms with E-state index in [1.165, 1.54) is 12.1 Å². The van der Waals surface area contributed by atoms with Crippen molar-refractivity contribution in [2.75, 3.05) is 0 Å². The van der Waals surface area contributed by atoms with E-state index in [-0.39, 0.29) is 11.9 Å². The minimum Gasteiger partial charge on any atom is -0.338 e. The number of hydrogen-bond acceptors (Lipinski definition) is 4. The van der Waals surface area contributed by atoms with Gasteiger partial charge in [0, 0.05) is 21.7 Å². The molecule has 0 radical (unpaired) electrons. The summed E-state index contributed by atoms with van der Waals surface area (Å²) >= 11 is 12.1. The zero-order valence-corrected chi connectivity index (χ0v) is 14.3. The normalized spacial score (nSPS) is 12.3. The van der Waals surface area contributed by atoms with Gasteiger partial charge in [-0.1, -0.05) is 34.4 Å². The Morgan fingerprint density at radius 3 is 2.62 bits per heavy atom. The first-order valence-corrected chi connectivity index (χ1v) is 8.05. The van der Waals surface area contributed by atoms with Crippen LogP contribution in [-0.4, -0.2) is 10.1 Å². The summed E-state index contributed by atoms with van der Waals surface area (Å²) in [6.07, 6.45) is 0. The SMILES string of the molecule is CC(NCc1nc(-c2ccc(F)cc2)no1)c1ccc(Cl)cc1Cl. The quantitative estimate of drug-likeness (QED) is 0.688. The molecular weight excluding hydrogens is 352 g/mol. The first kappa shape index (κ1) is 16.9. The third-order valence-electron chi connectivity index (χ3n) is 3.56. The minimum atomic E-state index is -0.308. The predicted octanol–water partition coefficient (Wildman–Crippen LogP) is 5.03. The average Bonchev–Trinajstić information content (AvgIpc) is 3.02. The molecule has 0 amide bonds. The molecule has 0 aliphatic heterocycles. The Balaban J connectivity index is 1.65. The first-order chi connectivity index (χ1) is 11.5. The topological polar surface area (TPSA) is 51.0 Å². The molecule has 0 spiro atoms. The summed E-state index contributed by atoms with van der Waals surface area (Å²) in [5.74, 6) is 0.549. The standard InChI is InChI=1S/C17H14Cl2FN3O/c1-10(14-7-4-12(18)8-15(14)19)21-9-16-22-17(23-24-16)11-2-5-13(20)6-3-11/h2-8,10,21H,9H2,1H3. The maximum absolute atomic E-state index is 12.9. The van der Waals surface area contributed by atoms with E-state index < -0.39 is 0 Å². The van der Waals surface area contributed by atoms with E-state index in [1.54, 1.807) is 24.3 Å². The van der Waals surface area contributed by atoms with E-state index in [0.717, 1.165) is 5.56 Å². The molecule has 2 aromatic carbocycles. The number of halogens is 3. The van der Waals surface area contributed by atoms with E-state index in [1.807, 2.05) is 13.0 Å². The second-order valence-electron chi connectivity index (χ2n) is 5.29. The second-order valence-corrected chi connectivity index (χ2v) is 6.13. The monoisotopic (exact) mass is 365 g/mol. The third kappa shape index (κ3) is 3.93. The highest BCUT2D eigenvalue weighted by molar-refractivity contribution is 6.35. The molecule has 1 atom stereocenters. The molecule has 0 bridgehead atoms. The van der Waals surface area contributed by atoms with Gasteiger partial charge in [-0.3, -0.25) is 0 Å². The third-order valence-corrected chi connectivity index (χ3v) is 4.12. The Morgan fingerprint density at radius 1 is 1.17 bits per heavy atom. The van der Waals surface area contributed by atoms with Gasteiger partial charge in [0.15, 0.2) is 0 Å². The fraction of sp³-hybridized carbons (Fsp3) is 0.176. The van der Waals surface area contributed by atoms with Crippen LogP contribution in [0.25, 0.3) is 11.4 Å². The minimum absolute atomic E-state index is 0.0177. The molecular formula is C17H14Cl2FN3O. The van der Waals surface area contributed by atoms with Gasteiger partial charge in [-0.15, -0.1) is 0 Å². The number of benzene rings is 2. The van der Waals surface area contributed by atoms with Gasteiger partial charge in [0.05, 0.1) is 6.54 Å². The summed E-state index contributed by atoms with van der Waals surface area (Å²) in [4.78, 5) is 4.30. The van der Waals surface area contributed by atoms with Crippen molar-refractivity contribution in [2.45, 2.75) is 19.5 Å². The zero-order chi connectivity index (χ0) is 17.1. The molecule has 0 saturated carbocycles. The van der Waals surface area contributed by atoms with Gasteiger partial charge in [0.1, 0.15) is 5.82 Å². The molecule has 0 aliphatic carbocycles. The second kappa shape index (κ2) is 7.30. The molecule has 7 heteroatoms. The number of aromatic nitrogens is 2. The van der Waals surface area contributed by atoms with Gasteiger partial charge in [-0.05, 0) is 48.9 Å². The summed E-state index contributed by atoms with van der Waals surface area (Å²) in [5.41, 5.74) is 1.62. The Kier molecular flexibility index (Phi) is 5.14. The van der Waals surface area contributed by atoms with Crippen LogP contribution < -0.4 is 5.32 Å². The Hall–Kier alpha value is -1.95. The summed E-state index contributed by atoms with van der Waals surface area (Å²) in [5, 5.41) is 8.36. The van der Waals surface area contributed by atoms with E-state index in [9.17, 15) is 4.39 Å². The highest BCUT2D eigenvalue weighted by Gasteiger charge is 2.13. The van der Waals surface area contributed by atoms with Crippen LogP contribution in [0.1, 0.15) is 24.4 Å². The molecule has 0 fully saturated rings. The molecule has 3 aromatic rings. The largest absolute Gasteiger partial charge is 0.338 e. The van der Waals surface area contributed by atoms with Crippen LogP contribution >= 0.6 is 23.2 Å². The van der Waals surface area contributed by atoms with Crippen LogP contribution in [0.4, 0.5) is 4.39 Å². The number of hydrogen-bond donors (Lipinski definition) is 1. The van der Waals surface area contributed by atoms with Crippen molar-refractivity contribution in [1.29, 1.82) is 0 Å². The van der Waals surface area contributed by atoms with Crippen molar-refractivity contribution in [3.05, 3.63) is 69.8 Å². The van der Waals surface area contributed by atoms with Gasteiger partial charge >= 0.3 is 0 Å². The van der Waals surface area contributed by atoms with Gasteiger partial charge < -0.3 is 9.84 Å². The zero-order valence-electron chi connectivity index (χ0n) is 12.8. The smallest absolute Gasteiger partial charge is 0.240 e. The van der Waals surface area contributed by atoms with Gasteiger partial charge in [-0.25, -0.2) is 4.39 Å². The lowest BCUT2D eigenvalue weighted by Gasteiger charge is -2.14. The molecule has 1 heterocycles. The van der Waals surface area contributed by atoms with Gasteiger partial charge in [-0.2, -0.15) is 4.98 Å². The molecule has 1 aromatic heterocycles. The summed E-state index contributed by atoms with van der Waals surface area (Å²) in [7, 11) is 0. The van der Waals surface area contributed by atoms with Crippen LogP contribution in [0.2, 0.25) is 10.0 Å². The Bertz CT molecular complexity index is 836. The van der Waals surface area contributed by atoms with Crippen molar-refractivity contribution in [3.8, 4) is 11.4 Å². The maximum Gasteiger partial charge on any atom is 0.240 e. The van der Waals surface area contributed by atoms with E-state index in [0.29, 0.717) is 33.9 Å². The number of rotatable bonds is 5. The Labute approximate surface area is 148 Å². The van der Waals surface area contributed by atoms with Crippen molar-refractivity contribution in [3.63, 3.8) is 0 Å². The molecule has 1 N–H and O–H groups in total. The maximum atomic E-state index is 12.9. The van der Waals surface area contributed by atoms with Crippen molar-refractivity contribution < 1.29 is 8.91 Å². The summed E-state index contributed by atoms with van der Waals surface area (Å²) in [6, 6.07) is 11.3. The van der Waals surface area contributed by atoms with Gasteiger partial charge in [0.2, 0.25) is 11.7 Å². The van der Waals surface area contributed by atoms with Crippen LogP contribution in [0.15, 0.2) is 47.0 Å². The fourth-order valence-corrected chi connectivity index (χ4v) is 2.82. The first-order valence-electron chi connectivity index (χ1n) is 7.30. The average molecular weight is 366 g/mol. The van der Waals surface area contributed by atoms with Crippen LogP contribution in [-0.2, 0) is 6.54 Å². The lowest BCUT2D eigenvalue weighted by molar-refractivity contribution is 0.360. The van der Waals surface area contributed by atoms with Crippen LogP contribution in [0.3, 0.4) is 0 Å².